The van der Waals surface area contributed by atoms with E-state index in [0.717, 1.165) is 11.3 Å². The number of nitro groups is 1. The van der Waals surface area contributed by atoms with Crippen LogP contribution in [0.15, 0.2) is 47.8 Å². The Morgan fingerprint density at radius 2 is 1.87 bits per heavy atom. The Hall–Kier alpha value is -3.59. The maximum Gasteiger partial charge on any atom is 0.345 e. The highest BCUT2D eigenvalue weighted by atomic mass is 32.1. The molecule has 0 aliphatic heterocycles. The number of anilines is 1. The van der Waals surface area contributed by atoms with Crippen LogP contribution >= 0.6 is 11.3 Å². The van der Waals surface area contributed by atoms with Crippen molar-refractivity contribution < 1.29 is 19.2 Å². The maximum atomic E-state index is 12.3. The van der Waals surface area contributed by atoms with Crippen LogP contribution in [0, 0.1) is 24.0 Å². The quantitative estimate of drug-likeness (QED) is 0.345. The molecule has 2 aromatic carbocycles. The highest BCUT2D eigenvalue weighted by molar-refractivity contribution is 7.09. The molecule has 0 fully saturated rings. The Balaban J connectivity index is 1.59. The minimum Gasteiger partial charge on any atom is -0.455 e. The van der Waals surface area contributed by atoms with E-state index in [1.807, 2.05) is 31.2 Å². The molecule has 1 amide bonds. The van der Waals surface area contributed by atoms with E-state index in [9.17, 15) is 19.7 Å². The molecule has 0 radical (unpaired) electrons. The molecule has 0 aliphatic rings. The average Bonchev–Trinajstić information content (AvgIpc) is 3.14. The van der Waals surface area contributed by atoms with Gasteiger partial charge in [-0.1, -0.05) is 30.3 Å². The van der Waals surface area contributed by atoms with E-state index in [2.05, 4.69) is 10.3 Å². The Morgan fingerprint density at radius 1 is 1.13 bits per heavy atom. The number of hydrogen-bond acceptors (Lipinski definition) is 7. The number of para-hydroxylation sites is 2. The zero-order valence-electron chi connectivity index (χ0n) is 16.4. The number of nitrogens with zero attached hydrogens (tertiary/aromatic N) is 2. The highest BCUT2D eigenvalue weighted by Gasteiger charge is 2.23. The summed E-state index contributed by atoms with van der Waals surface area (Å²) in [5.74, 6) is -0.991. The molecule has 3 rings (SSSR count). The van der Waals surface area contributed by atoms with Crippen LogP contribution in [-0.4, -0.2) is 21.8 Å². The van der Waals surface area contributed by atoms with Crippen LogP contribution in [0.5, 0.6) is 0 Å². The van der Waals surface area contributed by atoms with Crippen molar-refractivity contribution in [2.45, 2.75) is 26.9 Å². The SMILES string of the molecule is Cc1ccccc1NC(=O)Cc1nc(COC(=O)c2cccc(C)c2[N+](=O)[O-])cs1. The molecular formula is C21H19N3O5S. The van der Waals surface area contributed by atoms with E-state index in [0.29, 0.717) is 16.3 Å². The topological polar surface area (TPSA) is 111 Å². The standard InChI is InChI=1S/C21H19N3O5S/c1-13-6-3-4-9-17(13)23-18(25)10-19-22-15(12-30-19)11-29-21(26)16-8-5-7-14(2)20(16)24(27)28/h3-9,12H,10-11H2,1-2H3,(H,23,25). The summed E-state index contributed by atoms with van der Waals surface area (Å²) in [6, 6.07) is 11.9. The number of amides is 1. The first-order valence-corrected chi connectivity index (χ1v) is 9.93. The Bertz CT molecular complexity index is 1110. The molecule has 0 aliphatic carbocycles. The molecule has 0 spiro atoms. The summed E-state index contributed by atoms with van der Waals surface area (Å²) in [6.07, 6.45) is 0.0936. The second-order valence-electron chi connectivity index (χ2n) is 6.58. The molecule has 0 unspecified atom stereocenters. The lowest BCUT2D eigenvalue weighted by Gasteiger charge is -2.07. The molecule has 1 heterocycles. The van der Waals surface area contributed by atoms with Crippen molar-refractivity contribution in [2.24, 2.45) is 0 Å². The van der Waals surface area contributed by atoms with E-state index in [4.69, 9.17) is 4.74 Å². The smallest absolute Gasteiger partial charge is 0.345 e. The maximum absolute atomic E-state index is 12.3. The molecule has 154 valence electrons. The average molecular weight is 425 g/mol. The molecule has 9 heteroatoms. The third-order valence-electron chi connectivity index (χ3n) is 4.32. The van der Waals surface area contributed by atoms with Gasteiger partial charge in [-0.25, -0.2) is 9.78 Å². The minimum atomic E-state index is -0.794. The van der Waals surface area contributed by atoms with Gasteiger partial charge >= 0.3 is 5.97 Å². The number of esters is 1. The Morgan fingerprint density at radius 3 is 2.60 bits per heavy atom. The Labute approximate surface area is 176 Å². The number of benzene rings is 2. The van der Waals surface area contributed by atoms with Crippen molar-refractivity contribution >= 4 is 34.6 Å². The van der Waals surface area contributed by atoms with E-state index >= 15 is 0 Å². The molecule has 0 saturated heterocycles. The first-order valence-electron chi connectivity index (χ1n) is 9.05. The molecule has 3 aromatic rings. The summed E-state index contributed by atoms with van der Waals surface area (Å²) in [5.41, 5.74) is 2.19. The normalized spacial score (nSPS) is 10.5. The number of thiazole rings is 1. The molecule has 0 saturated carbocycles. The van der Waals surface area contributed by atoms with Gasteiger partial charge in [0.2, 0.25) is 5.91 Å². The van der Waals surface area contributed by atoms with Crippen LogP contribution in [0.1, 0.15) is 32.2 Å². The highest BCUT2D eigenvalue weighted by Crippen LogP contribution is 2.24. The fourth-order valence-electron chi connectivity index (χ4n) is 2.82. The van der Waals surface area contributed by atoms with Gasteiger partial charge in [0.25, 0.3) is 5.69 Å². The number of aryl methyl sites for hydroxylation is 2. The second-order valence-corrected chi connectivity index (χ2v) is 7.52. The molecule has 0 atom stereocenters. The van der Waals surface area contributed by atoms with Gasteiger partial charge in [0.05, 0.1) is 17.0 Å². The van der Waals surface area contributed by atoms with Crippen molar-refractivity contribution in [3.63, 3.8) is 0 Å². The van der Waals surface area contributed by atoms with Crippen LogP contribution < -0.4 is 5.32 Å². The van der Waals surface area contributed by atoms with Gasteiger partial charge < -0.3 is 10.1 Å². The monoisotopic (exact) mass is 425 g/mol. The number of nitrogens with one attached hydrogen (secondary N) is 1. The van der Waals surface area contributed by atoms with Gasteiger partial charge in [-0.2, -0.15) is 0 Å². The molecule has 8 nitrogen and oxygen atoms in total. The number of nitro benzene ring substituents is 1. The number of carbonyl (C=O) groups is 2. The molecule has 1 N–H and O–H groups in total. The summed E-state index contributed by atoms with van der Waals surface area (Å²) in [5, 5.41) is 16.3. The fraction of sp³-hybridized carbons (Fsp3) is 0.190. The molecular weight excluding hydrogens is 406 g/mol. The number of carbonyl (C=O) groups excluding carboxylic acids is 2. The lowest BCUT2D eigenvalue weighted by molar-refractivity contribution is -0.385. The first kappa shape index (κ1) is 21.1. The van der Waals surface area contributed by atoms with Gasteiger partial charge in [0.1, 0.15) is 17.2 Å². The van der Waals surface area contributed by atoms with Gasteiger partial charge in [-0.05, 0) is 31.5 Å². The van der Waals surface area contributed by atoms with Crippen molar-refractivity contribution in [2.75, 3.05) is 5.32 Å². The van der Waals surface area contributed by atoms with Crippen molar-refractivity contribution in [1.82, 2.24) is 4.98 Å². The second kappa shape index (κ2) is 9.27. The third kappa shape index (κ3) is 5.06. The van der Waals surface area contributed by atoms with E-state index in [1.54, 1.807) is 24.4 Å². The zero-order valence-corrected chi connectivity index (χ0v) is 17.2. The largest absolute Gasteiger partial charge is 0.455 e. The van der Waals surface area contributed by atoms with Gasteiger partial charge in [0.15, 0.2) is 0 Å². The van der Waals surface area contributed by atoms with Crippen molar-refractivity contribution in [3.05, 3.63) is 85.4 Å². The summed E-state index contributed by atoms with van der Waals surface area (Å²) in [7, 11) is 0. The predicted molar refractivity (Wildman–Crippen MR) is 113 cm³/mol. The summed E-state index contributed by atoms with van der Waals surface area (Å²) in [6.45, 7) is 3.33. The summed E-state index contributed by atoms with van der Waals surface area (Å²) < 4.78 is 5.19. The number of rotatable bonds is 7. The third-order valence-corrected chi connectivity index (χ3v) is 5.22. The number of ether oxygens (including phenoxy) is 1. The number of aromatic nitrogens is 1. The van der Waals surface area contributed by atoms with Crippen LogP contribution in [-0.2, 0) is 22.6 Å². The number of hydrogen-bond donors (Lipinski definition) is 1. The van der Waals surface area contributed by atoms with Crippen molar-refractivity contribution in [1.29, 1.82) is 0 Å². The first-order chi connectivity index (χ1) is 14.3. The predicted octanol–water partition coefficient (Wildman–Crippen LogP) is 4.21. The summed E-state index contributed by atoms with van der Waals surface area (Å²) in [4.78, 5) is 39.5. The van der Waals surface area contributed by atoms with Gasteiger partial charge in [-0.3, -0.25) is 14.9 Å². The zero-order chi connectivity index (χ0) is 21.7. The van der Waals surface area contributed by atoms with Crippen LogP contribution in [0.25, 0.3) is 0 Å². The van der Waals surface area contributed by atoms with Crippen molar-refractivity contribution in [3.8, 4) is 0 Å². The van der Waals surface area contributed by atoms with Crippen LogP contribution in [0.2, 0.25) is 0 Å². The lowest BCUT2D eigenvalue weighted by atomic mass is 10.1. The van der Waals surface area contributed by atoms with Gasteiger partial charge in [0, 0.05) is 16.6 Å². The summed E-state index contributed by atoms with van der Waals surface area (Å²) >= 11 is 1.28. The van der Waals surface area contributed by atoms with E-state index in [-0.39, 0.29) is 30.2 Å². The molecule has 0 bridgehead atoms. The molecule has 1 aromatic heterocycles. The van der Waals surface area contributed by atoms with Gasteiger partial charge in [-0.15, -0.1) is 11.3 Å². The van der Waals surface area contributed by atoms with Crippen LogP contribution in [0.3, 0.4) is 0 Å². The van der Waals surface area contributed by atoms with E-state index < -0.39 is 10.9 Å². The lowest BCUT2D eigenvalue weighted by Crippen LogP contribution is -2.15. The van der Waals surface area contributed by atoms with Crippen LogP contribution in [0.4, 0.5) is 11.4 Å². The fourth-order valence-corrected chi connectivity index (χ4v) is 3.60. The minimum absolute atomic E-state index is 0.0936. The van der Waals surface area contributed by atoms with E-state index in [1.165, 1.54) is 17.4 Å². The molecule has 30 heavy (non-hydrogen) atoms. The Kier molecular flexibility index (Phi) is 6.53.